The molecule has 0 radical (unpaired) electrons. The summed E-state index contributed by atoms with van der Waals surface area (Å²) in [6, 6.07) is 8.81. The fraction of sp³-hybridized carbons (Fsp3) is 0.458. The number of hydrogen-bond acceptors (Lipinski definition) is 6. The lowest BCUT2D eigenvalue weighted by molar-refractivity contribution is 0.279. The lowest BCUT2D eigenvalue weighted by atomic mass is 9.75. The predicted molar refractivity (Wildman–Crippen MR) is 124 cm³/mol. The van der Waals surface area contributed by atoms with Crippen LogP contribution in [-0.2, 0) is 0 Å². The summed E-state index contributed by atoms with van der Waals surface area (Å²) in [5.74, 6) is 0.630. The topological polar surface area (TPSA) is 91.3 Å². The van der Waals surface area contributed by atoms with Gasteiger partial charge in [0, 0.05) is 23.5 Å². The number of aromatic nitrogens is 4. The van der Waals surface area contributed by atoms with Gasteiger partial charge in [0.1, 0.15) is 0 Å². The van der Waals surface area contributed by atoms with Crippen molar-refractivity contribution in [2.45, 2.75) is 66.3 Å². The van der Waals surface area contributed by atoms with Gasteiger partial charge in [-0.05, 0) is 78.5 Å². The molecule has 0 spiro atoms. The van der Waals surface area contributed by atoms with Gasteiger partial charge in [0.2, 0.25) is 5.95 Å². The van der Waals surface area contributed by atoms with E-state index in [4.69, 9.17) is 15.1 Å². The summed E-state index contributed by atoms with van der Waals surface area (Å²) in [6.45, 7) is 10.0. The maximum Gasteiger partial charge on any atom is 0.241 e. The van der Waals surface area contributed by atoms with Crippen LogP contribution in [-0.4, -0.2) is 31.3 Å². The molecule has 7 nitrogen and oxygen atoms in total. The molecule has 1 fully saturated rings. The molecule has 3 aromatic heterocycles. The number of aliphatic imine (C=N–C) groups is 1. The average molecular weight is 416 g/mol. The van der Waals surface area contributed by atoms with Crippen LogP contribution in [0.2, 0.25) is 0 Å². The maximum absolute atomic E-state index is 9.34. The monoisotopic (exact) mass is 415 g/mol. The van der Waals surface area contributed by atoms with Crippen LogP contribution in [0, 0.1) is 30.6 Å². The molecule has 0 amide bonds. The second kappa shape index (κ2) is 8.10. The largest absolute Gasteiger partial charge is 0.350 e. The van der Waals surface area contributed by atoms with Crippen molar-refractivity contribution in [3.05, 3.63) is 35.8 Å². The number of rotatable bonds is 4. The Morgan fingerprint density at radius 1 is 1.16 bits per heavy atom. The van der Waals surface area contributed by atoms with Crippen molar-refractivity contribution < 1.29 is 0 Å². The first-order valence-electron chi connectivity index (χ1n) is 10.8. The number of nitrogens with zero attached hydrogens (tertiary/aromatic N) is 6. The first kappa shape index (κ1) is 21.0. The molecule has 0 bridgehead atoms. The Bertz CT molecular complexity index is 1190. The quantitative estimate of drug-likeness (QED) is 0.576. The Hall–Kier alpha value is -3.27. The van der Waals surface area contributed by atoms with Crippen LogP contribution in [0.3, 0.4) is 0 Å². The highest BCUT2D eigenvalue weighted by atomic mass is 15.3. The van der Waals surface area contributed by atoms with Crippen LogP contribution in [0.5, 0.6) is 0 Å². The zero-order valence-corrected chi connectivity index (χ0v) is 18.9. The highest BCUT2D eigenvalue weighted by Crippen LogP contribution is 2.36. The zero-order chi connectivity index (χ0) is 22.2. The van der Waals surface area contributed by atoms with E-state index >= 15 is 0 Å². The van der Waals surface area contributed by atoms with Gasteiger partial charge in [0.25, 0.3) is 0 Å². The molecule has 0 saturated heterocycles. The van der Waals surface area contributed by atoms with Crippen molar-refractivity contribution in [3.63, 3.8) is 0 Å². The van der Waals surface area contributed by atoms with E-state index in [1.165, 1.54) is 0 Å². The summed E-state index contributed by atoms with van der Waals surface area (Å²) in [5, 5.41) is 17.5. The molecule has 0 atom stereocenters. The molecule has 7 heteroatoms. The average Bonchev–Trinajstić information content (AvgIpc) is 3.16. The molecule has 0 aromatic carbocycles. The number of pyridine rings is 1. The Kier molecular flexibility index (Phi) is 5.48. The first-order chi connectivity index (χ1) is 14.8. The third-order valence-corrected chi connectivity index (χ3v) is 6.06. The number of nitriles is 1. The minimum Gasteiger partial charge on any atom is -0.350 e. The van der Waals surface area contributed by atoms with E-state index in [1.54, 1.807) is 0 Å². The lowest BCUT2D eigenvalue weighted by Gasteiger charge is -2.32. The third-order valence-electron chi connectivity index (χ3n) is 6.06. The molecule has 1 saturated carbocycles. The molecule has 31 heavy (non-hydrogen) atoms. The SMILES string of the molecule is CC(C)=Nc1ccc(-c2ccn3nc(NC4CCC(C)(C#N)CC4)nc(C)c23)nc1C. The van der Waals surface area contributed by atoms with Crippen molar-refractivity contribution in [3.8, 4) is 17.3 Å². The van der Waals surface area contributed by atoms with E-state index < -0.39 is 0 Å². The zero-order valence-electron chi connectivity index (χ0n) is 18.9. The predicted octanol–water partition coefficient (Wildman–Crippen LogP) is 5.40. The molecule has 0 unspecified atom stereocenters. The Morgan fingerprint density at radius 3 is 2.55 bits per heavy atom. The molecule has 3 heterocycles. The van der Waals surface area contributed by atoms with E-state index in [9.17, 15) is 5.26 Å². The van der Waals surface area contributed by atoms with Gasteiger partial charge in [-0.25, -0.2) is 9.50 Å². The van der Waals surface area contributed by atoms with E-state index in [2.05, 4.69) is 23.3 Å². The molecule has 1 aliphatic carbocycles. The fourth-order valence-corrected chi connectivity index (χ4v) is 4.23. The minimum atomic E-state index is -0.198. The smallest absolute Gasteiger partial charge is 0.241 e. The second-order valence-corrected chi connectivity index (χ2v) is 8.99. The minimum absolute atomic E-state index is 0.198. The Labute approximate surface area is 183 Å². The number of anilines is 1. The molecule has 3 aromatic rings. The van der Waals surface area contributed by atoms with Gasteiger partial charge in [0.05, 0.1) is 39.8 Å². The number of nitrogens with one attached hydrogen (secondary N) is 1. The summed E-state index contributed by atoms with van der Waals surface area (Å²) in [7, 11) is 0. The van der Waals surface area contributed by atoms with Crippen molar-refractivity contribution in [1.29, 1.82) is 5.26 Å². The van der Waals surface area contributed by atoms with Gasteiger partial charge in [0.15, 0.2) is 0 Å². The van der Waals surface area contributed by atoms with Crippen molar-refractivity contribution >= 4 is 22.9 Å². The van der Waals surface area contributed by atoms with E-state index in [-0.39, 0.29) is 5.41 Å². The maximum atomic E-state index is 9.34. The summed E-state index contributed by atoms with van der Waals surface area (Å²) in [4.78, 5) is 14.1. The normalized spacial score (nSPS) is 21.0. The molecule has 1 aliphatic rings. The van der Waals surface area contributed by atoms with Gasteiger partial charge in [-0.2, -0.15) is 5.26 Å². The number of hydrogen-bond donors (Lipinski definition) is 1. The number of fused-ring (bicyclic) bond motifs is 1. The lowest BCUT2D eigenvalue weighted by Crippen LogP contribution is -2.31. The van der Waals surface area contributed by atoms with E-state index in [0.717, 1.165) is 65.2 Å². The fourth-order valence-electron chi connectivity index (χ4n) is 4.23. The van der Waals surface area contributed by atoms with Gasteiger partial charge < -0.3 is 5.32 Å². The highest BCUT2D eigenvalue weighted by Gasteiger charge is 2.31. The van der Waals surface area contributed by atoms with Crippen LogP contribution in [0.25, 0.3) is 16.8 Å². The van der Waals surface area contributed by atoms with Crippen LogP contribution in [0.4, 0.5) is 11.6 Å². The summed E-state index contributed by atoms with van der Waals surface area (Å²) >= 11 is 0. The summed E-state index contributed by atoms with van der Waals surface area (Å²) in [5.41, 5.74) is 6.37. The van der Waals surface area contributed by atoms with E-state index in [1.807, 2.05) is 56.6 Å². The van der Waals surface area contributed by atoms with Gasteiger partial charge in [-0.1, -0.05) is 0 Å². The van der Waals surface area contributed by atoms with E-state index in [0.29, 0.717) is 12.0 Å². The van der Waals surface area contributed by atoms with Crippen LogP contribution in [0.1, 0.15) is 57.8 Å². The van der Waals surface area contributed by atoms with Gasteiger partial charge >= 0.3 is 0 Å². The molecule has 0 aliphatic heterocycles. The summed E-state index contributed by atoms with van der Waals surface area (Å²) in [6.07, 6.45) is 5.67. The van der Waals surface area contributed by atoms with Crippen molar-refractivity contribution in [1.82, 2.24) is 19.6 Å². The number of aryl methyl sites for hydroxylation is 2. The van der Waals surface area contributed by atoms with Crippen molar-refractivity contribution in [2.75, 3.05) is 5.32 Å². The molecular weight excluding hydrogens is 386 g/mol. The van der Waals surface area contributed by atoms with Crippen LogP contribution < -0.4 is 5.32 Å². The molecular formula is C24H29N7. The highest BCUT2D eigenvalue weighted by molar-refractivity contribution is 5.84. The standard InChI is InChI=1S/C24H29N7/c1-15(2)26-20-6-7-21(27-16(20)3)19-10-13-31-22(19)17(4)28-23(30-31)29-18-8-11-24(5,14-25)12-9-18/h6-7,10,13,18H,8-9,11-12H2,1-5H3,(H,29,30). The Balaban J connectivity index is 1.60. The van der Waals surface area contributed by atoms with Crippen LogP contribution in [0.15, 0.2) is 29.4 Å². The van der Waals surface area contributed by atoms with Gasteiger partial charge in [-0.3, -0.25) is 9.98 Å². The third kappa shape index (κ3) is 4.29. The molecule has 160 valence electrons. The second-order valence-electron chi connectivity index (χ2n) is 8.99. The molecule has 1 N–H and O–H groups in total. The van der Waals surface area contributed by atoms with Gasteiger partial charge in [-0.15, -0.1) is 5.10 Å². The Morgan fingerprint density at radius 2 is 1.90 bits per heavy atom. The van der Waals surface area contributed by atoms with Crippen molar-refractivity contribution in [2.24, 2.45) is 10.4 Å². The first-order valence-corrected chi connectivity index (χ1v) is 10.8. The summed E-state index contributed by atoms with van der Waals surface area (Å²) < 4.78 is 1.88. The van der Waals surface area contributed by atoms with Crippen LogP contribution >= 0.6 is 0 Å². The molecule has 4 rings (SSSR count).